The number of rotatable bonds is 8. The SMILES string of the molecule is Nc1ccc(C(=O)c2ccc(S(=O)(=O)CC(CC(=O)O)c3ccccc3)cc2)cc1. The number of aliphatic carboxylic acids is 1. The molecule has 0 spiro atoms. The Bertz CT molecular complexity index is 1140. The van der Waals surface area contributed by atoms with Gasteiger partial charge in [0.1, 0.15) is 0 Å². The van der Waals surface area contributed by atoms with Gasteiger partial charge in [-0.2, -0.15) is 0 Å². The highest BCUT2D eigenvalue weighted by molar-refractivity contribution is 7.91. The van der Waals surface area contributed by atoms with E-state index in [1.54, 1.807) is 54.6 Å². The van der Waals surface area contributed by atoms with Gasteiger partial charge in [0.25, 0.3) is 0 Å². The molecule has 0 aliphatic rings. The van der Waals surface area contributed by atoms with Gasteiger partial charge in [-0.05, 0) is 54.1 Å². The summed E-state index contributed by atoms with van der Waals surface area (Å²) in [6.45, 7) is 0. The molecule has 30 heavy (non-hydrogen) atoms. The lowest BCUT2D eigenvalue weighted by Crippen LogP contribution is -2.18. The molecule has 0 fully saturated rings. The number of nitrogens with two attached hydrogens (primary N) is 1. The summed E-state index contributed by atoms with van der Waals surface area (Å²) in [6.07, 6.45) is -0.295. The maximum Gasteiger partial charge on any atom is 0.303 e. The molecule has 0 aliphatic carbocycles. The van der Waals surface area contributed by atoms with Crippen molar-refractivity contribution in [1.82, 2.24) is 0 Å². The number of anilines is 1. The fraction of sp³-hybridized carbons (Fsp3) is 0.130. The molecular weight excluding hydrogens is 402 g/mol. The van der Waals surface area contributed by atoms with Crippen molar-refractivity contribution in [3.63, 3.8) is 0 Å². The predicted molar refractivity (Wildman–Crippen MR) is 114 cm³/mol. The fourth-order valence-corrected chi connectivity index (χ4v) is 4.77. The number of carboxylic acids is 1. The first-order valence-electron chi connectivity index (χ1n) is 9.26. The van der Waals surface area contributed by atoms with Crippen molar-refractivity contribution >= 4 is 27.3 Å². The Morgan fingerprint density at radius 2 is 1.37 bits per heavy atom. The number of carboxylic acid groups (broad SMARTS) is 1. The molecule has 0 saturated carbocycles. The van der Waals surface area contributed by atoms with Crippen LogP contribution in [0.2, 0.25) is 0 Å². The molecule has 0 amide bonds. The zero-order valence-electron chi connectivity index (χ0n) is 16.1. The number of ketones is 1. The second-order valence-electron chi connectivity index (χ2n) is 6.96. The van der Waals surface area contributed by atoms with E-state index in [4.69, 9.17) is 5.73 Å². The van der Waals surface area contributed by atoms with Gasteiger partial charge in [0.05, 0.1) is 17.1 Å². The van der Waals surface area contributed by atoms with E-state index in [9.17, 15) is 23.1 Å². The van der Waals surface area contributed by atoms with Gasteiger partial charge in [-0.3, -0.25) is 9.59 Å². The highest BCUT2D eigenvalue weighted by Crippen LogP contribution is 2.25. The number of carbonyl (C=O) groups excluding carboxylic acids is 1. The summed E-state index contributed by atoms with van der Waals surface area (Å²) in [4.78, 5) is 23.8. The van der Waals surface area contributed by atoms with E-state index < -0.39 is 21.7 Å². The molecule has 3 N–H and O–H groups in total. The van der Waals surface area contributed by atoms with Crippen LogP contribution in [-0.2, 0) is 14.6 Å². The first kappa shape index (κ1) is 21.3. The van der Waals surface area contributed by atoms with Gasteiger partial charge in [-0.15, -0.1) is 0 Å². The van der Waals surface area contributed by atoms with E-state index in [0.29, 0.717) is 22.4 Å². The van der Waals surface area contributed by atoms with Crippen molar-refractivity contribution in [2.45, 2.75) is 17.2 Å². The minimum Gasteiger partial charge on any atom is -0.481 e. The van der Waals surface area contributed by atoms with Crippen LogP contribution in [0.5, 0.6) is 0 Å². The standard InChI is InChI=1S/C23H21NO5S/c24-20-10-6-17(7-11-20)23(27)18-8-12-21(13-9-18)30(28,29)15-19(14-22(25)26)16-4-2-1-3-5-16/h1-13,19H,14-15,24H2,(H,25,26). The third kappa shape index (κ3) is 5.12. The molecule has 3 aromatic rings. The topological polar surface area (TPSA) is 115 Å². The van der Waals surface area contributed by atoms with Crippen molar-refractivity contribution in [3.05, 3.63) is 95.6 Å². The van der Waals surface area contributed by atoms with Gasteiger partial charge in [-0.25, -0.2) is 8.42 Å². The van der Waals surface area contributed by atoms with Gasteiger partial charge in [0, 0.05) is 22.7 Å². The van der Waals surface area contributed by atoms with Crippen molar-refractivity contribution in [1.29, 1.82) is 0 Å². The summed E-state index contributed by atoms with van der Waals surface area (Å²) >= 11 is 0. The van der Waals surface area contributed by atoms with Crippen molar-refractivity contribution in [2.75, 3.05) is 11.5 Å². The zero-order valence-corrected chi connectivity index (χ0v) is 16.9. The van der Waals surface area contributed by atoms with Gasteiger partial charge in [0.15, 0.2) is 15.6 Å². The Morgan fingerprint density at radius 3 is 1.90 bits per heavy atom. The van der Waals surface area contributed by atoms with Crippen LogP contribution in [0.3, 0.4) is 0 Å². The molecule has 0 saturated heterocycles. The van der Waals surface area contributed by atoms with Crippen LogP contribution in [0.4, 0.5) is 5.69 Å². The third-order valence-electron chi connectivity index (χ3n) is 4.76. The van der Waals surface area contributed by atoms with Crippen molar-refractivity contribution in [2.24, 2.45) is 0 Å². The normalized spacial score (nSPS) is 12.3. The number of nitrogen functional groups attached to an aromatic ring is 1. The zero-order chi connectivity index (χ0) is 21.7. The van der Waals surface area contributed by atoms with Crippen LogP contribution in [0.1, 0.15) is 33.8 Å². The Balaban J connectivity index is 1.82. The van der Waals surface area contributed by atoms with Gasteiger partial charge in [-0.1, -0.05) is 30.3 Å². The minimum atomic E-state index is -3.76. The molecule has 0 aliphatic heterocycles. The van der Waals surface area contributed by atoms with Crippen molar-refractivity contribution in [3.8, 4) is 0 Å². The van der Waals surface area contributed by atoms with Crippen LogP contribution in [0.25, 0.3) is 0 Å². The molecular formula is C23H21NO5S. The molecule has 3 rings (SSSR count). The summed E-state index contributed by atoms with van der Waals surface area (Å²) in [7, 11) is -3.76. The second-order valence-corrected chi connectivity index (χ2v) is 9.00. The maximum atomic E-state index is 12.9. The monoisotopic (exact) mass is 423 g/mol. The number of sulfone groups is 1. The highest BCUT2D eigenvalue weighted by atomic mass is 32.2. The number of benzene rings is 3. The summed E-state index contributed by atoms with van der Waals surface area (Å²) in [5, 5.41) is 9.20. The Kier molecular flexibility index (Phi) is 6.32. The van der Waals surface area contributed by atoms with Gasteiger partial charge < -0.3 is 10.8 Å². The molecule has 0 radical (unpaired) electrons. The van der Waals surface area contributed by atoms with Crippen LogP contribution < -0.4 is 5.73 Å². The smallest absolute Gasteiger partial charge is 0.303 e. The lowest BCUT2D eigenvalue weighted by Gasteiger charge is -2.16. The third-order valence-corrected chi connectivity index (χ3v) is 6.59. The van der Waals surface area contributed by atoms with Gasteiger partial charge >= 0.3 is 5.97 Å². The van der Waals surface area contributed by atoms with Crippen molar-refractivity contribution < 1.29 is 23.1 Å². The quantitative estimate of drug-likeness (QED) is 0.423. The summed E-state index contributed by atoms with van der Waals surface area (Å²) in [5.41, 5.74) is 7.63. The average Bonchev–Trinajstić information content (AvgIpc) is 2.73. The molecule has 0 bridgehead atoms. The van der Waals surface area contributed by atoms with Gasteiger partial charge in [0.2, 0.25) is 0 Å². The largest absolute Gasteiger partial charge is 0.481 e. The first-order valence-corrected chi connectivity index (χ1v) is 10.9. The summed E-state index contributed by atoms with van der Waals surface area (Å²) in [5.74, 6) is -2.32. The average molecular weight is 423 g/mol. The maximum absolute atomic E-state index is 12.9. The molecule has 1 atom stereocenters. The number of hydrogen-bond donors (Lipinski definition) is 2. The molecule has 0 aromatic heterocycles. The molecule has 3 aromatic carbocycles. The molecule has 0 heterocycles. The molecule has 1 unspecified atom stereocenters. The summed E-state index contributed by atoms with van der Waals surface area (Å²) < 4.78 is 25.8. The highest BCUT2D eigenvalue weighted by Gasteiger charge is 2.25. The van der Waals surface area contributed by atoms with E-state index in [1.165, 1.54) is 24.3 Å². The molecule has 154 valence electrons. The van der Waals surface area contributed by atoms with E-state index in [-0.39, 0.29) is 22.9 Å². The lowest BCUT2D eigenvalue weighted by molar-refractivity contribution is -0.137. The van der Waals surface area contributed by atoms with E-state index in [0.717, 1.165) is 0 Å². The lowest BCUT2D eigenvalue weighted by atomic mass is 9.98. The Morgan fingerprint density at radius 1 is 0.833 bits per heavy atom. The number of hydrogen-bond acceptors (Lipinski definition) is 5. The van der Waals surface area contributed by atoms with E-state index in [2.05, 4.69) is 0 Å². The number of carbonyl (C=O) groups is 2. The summed E-state index contributed by atoms with van der Waals surface area (Å²) in [6, 6.07) is 20.9. The minimum absolute atomic E-state index is 0.0441. The van der Waals surface area contributed by atoms with E-state index in [1.807, 2.05) is 0 Å². The predicted octanol–water partition coefficient (Wildman–Crippen LogP) is 3.53. The van der Waals surface area contributed by atoms with Crippen LogP contribution in [-0.4, -0.2) is 31.0 Å². The molecule has 6 nitrogen and oxygen atoms in total. The van der Waals surface area contributed by atoms with Crippen LogP contribution >= 0.6 is 0 Å². The Labute approximate surface area is 174 Å². The van der Waals surface area contributed by atoms with Crippen LogP contribution in [0, 0.1) is 0 Å². The fourth-order valence-electron chi connectivity index (χ4n) is 3.18. The van der Waals surface area contributed by atoms with Crippen LogP contribution in [0.15, 0.2) is 83.8 Å². The Hall–Kier alpha value is -3.45. The first-order chi connectivity index (χ1) is 14.3. The van der Waals surface area contributed by atoms with E-state index >= 15 is 0 Å². The second kappa shape index (κ2) is 8.92. The molecule has 7 heteroatoms.